The Morgan fingerprint density at radius 1 is 1.07 bits per heavy atom. The second-order valence-corrected chi connectivity index (χ2v) is 2.41. The predicted molar refractivity (Wildman–Crippen MR) is 51.5 cm³/mol. The fourth-order valence-corrected chi connectivity index (χ4v) is 0.670. The van der Waals surface area contributed by atoms with Gasteiger partial charge in [0, 0.05) is 6.08 Å². The standard InChI is InChI=1S/C10H14O4/c1-13-9(11)7-5-3-4-6-8-10(12)14-2/h3,5-6,8H,4,7H2,1-2H3. The highest BCUT2D eigenvalue weighted by Crippen LogP contribution is 1.91. The summed E-state index contributed by atoms with van der Waals surface area (Å²) in [6.45, 7) is 0. The molecule has 0 saturated carbocycles. The quantitative estimate of drug-likeness (QED) is 0.378. The minimum Gasteiger partial charge on any atom is -0.469 e. The minimum atomic E-state index is -0.383. The summed E-state index contributed by atoms with van der Waals surface area (Å²) < 4.78 is 8.82. The van der Waals surface area contributed by atoms with E-state index in [1.54, 1.807) is 18.2 Å². The van der Waals surface area contributed by atoms with Crippen LogP contribution < -0.4 is 0 Å². The maximum atomic E-state index is 10.6. The molecule has 14 heavy (non-hydrogen) atoms. The van der Waals surface area contributed by atoms with Crippen molar-refractivity contribution < 1.29 is 19.1 Å². The van der Waals surface area contributed by atoms with Crippen LogP contribution in [0.1, 0.15) is 12.8 Å². The highest BCUT2D eigenvalue weighted by atomic mass is 16.5. The molecule has 0 saturated heterocycles. The maximum Gasteiger partial charge on any atom is 0.330 e. The Bertz CT molecular complexity index is 241. The number of methoxy groups -OCH3 is 2. The minimum absolute atomic E-state index is 0.253. The van der Waals surface area contributed by atoms with E-state index in [4.69, 9.17) is 0 Å². The predicted octanol–water partition coefficient (Wildman–Crippen LogP) is 1.22. The monoisotopic (exact) mass is 198 g/mol. The van der Waals surface area contributed by atoms with Crippen LogP contribution in [-0.2, 0) is 19.1 Å². The van der Waals surface area contributed by atoms with Gasteiger partial charge in [0.25, 0.3) is 0 Å². The fourth-order valence-electron chi connectivity index (χ4n) is 0.670. The van der Waals surface area contributed by atoms with Crippen LogP contribution in [0.2, 0.25) is 0 Å². The molecular formula is C10H14O4. The Kier molecular flexibility index (Phi) is 7.13. The van der Waals surface area contributed by atoms with Gasteiger partial charge in [-0.3, -0.25) is 4.79 Å². The van der Waals surface area contributed by atoms with Crippen LogP contribution in [0.5, 0.6) is 0 Å². The fraction of sp³-hybridized carbons (Fsp3) is 0.400. The third-order valence-electron chi connectivity index (χ3n) is 1.41. The van der Waals surface area contributed by atoms with Gasteiger partial charge in [-0.05, 0) is 6.42 Å². The number of carbonyl (C=O) groups excluding carboxylic acids is 2. The van der Waals surface area contributed by atoms with Gasteiger partial charge < -0.3 is 9.47 Å². The molecule has 0 fully saturated rings. The molecule has 4 nitrogen and oxygen atoms in total. The van der Waals surface area contributed by atoms with E-state index in [1.807, 2.05) is 0 Å². The lowest BCUT2D eigenvalue weighted by atomic mass is 10.3. The first-order valence-corrected chi connectivity index (χ1v) is 4.17. The molecule has 78 valence electrons. The van der Waals surface area contributed by atoms with Crippen LogP contribution in [0.15, 0.2) is 24.3 Å². The van der Waals surface area contributed by atoms with Crippen molar-refractivity contribution in [3.05, 3.63) is 24.3 Å². The van der Waals surface area contributed by atoms with Gasteiger partial charge in [-0.1, -0.05) is 18.2 Å². The van der Waals surface area contributed by atoms with Gasteiger partial charge in [-0.25, -0.2) is 4.79 Å². The Labute approximate surface area is 83.2 Å². The van der Waals surface area contributed by atoms with E-state index in [9.17, 15) is 9.59 Å². The molecule has 0 aliphatic heterocycles. The molecule has 0 aromatic rings. The zero-order chi connectivity index (χ0) is 10.8. The molecule has 0 N–H and O–H groups in total. The second kappa shape index (κ2) is 8.04. The molecule has 0 aromatic carbocycles. The summed E-state index contributed by atoms with van der Waals surface area (Å²) in [4.78, 5) is 21.2. The Morgan fingerprint density at radius 2 is 1.79 bits per heavy atom. The summed E-state index contributed by atoms with van der Waals surface area (Å²) >= 11 is 0. The number of rotatable bonds is 5. The van der Waals surface area contributed by atoms with E-state index in [1.165, 1.54) is 20.3 Å². The summed E-state index contributed by atoms with van der Waals surface area (Å²) in [6.07, 6.45) is 7.29. The molecule has 0 aromatic heterocycles. The molecular weight excluding hydrogens is 184 g/mol. The molecule has 0 spiro atoms. The molecule has 0 aliphatic carbocycles. The first-order chi connectivity index (χ1) is 6.70. The number of hydrogen-bond donors (Lipinski definition) is 0. The van der Waals surface area contributed by atoms with Gasteiger partial charge in [-0.15, -0.1) is 0 Å². The van der Waals surface area contributed by atoms with Gasteiger partial charge in [0.15, 0.2) is 0 Å². The van der Waals surface area contributed by atoms with Crippen LogP contribution >= 0.6 is 0 Å². The van der Waals surface area contributed by atoms with Crippen molar-refractivity contribution in [2.24, 2.45) is 0 Å². The summed E-state index contributed by atoms with van der Waals surface area (Å²) in [5.74, 6) is -0.662. The van der Waals surface area contributed by atoms with Crippen molar-refractivity contribution in [3.8, 4) is 0 Å². The first kappa shape index (κ1) is 12.4. The van der Waals surface area contributed by atoms with Crippen LogP contribution in [-0.4, -0.2) is 26.2 Å². The van der Waals surface area contributed by atoms with Crippen LogP contribution in [0.25, 0.3) is 0 Å². The van der Waals surface area contributed by atoms with Crippen LogP contribution in [0.3, 0.4) is 0 Å². The van der Waals surface area contributed by atoms with E-state index in [0.29, 0.717) is 6.42 Å². The SMILES string of the molecule is COC(=O)C=CCC=CCC(=O)OC. The van der Waals surface area contributed by atoms with Gasteiger partial charge in [0.1, 0.15) is 0 Å². The Hall–Kier alpha value is -1.58. The summed E-state index contributed by atoms with van der Waals surface area (Å²) in [5, 5.41) is 0. The highest BCUT2D eigenvalue weighted by molar-refractivity contribution is 5.81. The summed E-state index contributed by atoms with van der Waals surface area (Å²) in [6, 6.07) is 0. The molecule has 0 aliphatic rings. The number of allylic oxidation sites excluding steroid dienone is 2. The molecule has 0 amide bonds. The van der Waals surface area contributed by atoms with Crippen molar-refractivity contribution in [1.82, 2.24) is 0 Å². The smallest absolute Gasteiger partial charge is 0.330 e. The molecule has 0 radical (unpaired) electrons. The molecule has 0 atom stereocenters. The van der Waals surface area contributed by atoms with E-state index in [-0.39, 0.29) is 18.4 Å². The van der Waals surface area contributed by atoms with Crippen LogP contribution in [0, 0.1) is 0 Å². The van der Waals surface area contributed by atoms with E-state index in [2.05, 4.69) is 9.47 Å². The third kappa shape index (κ3) is 7.09. The summed E-state index contributed by atoms with van der Waals surface area (Å²) in [7, 11) is 2.66. The summed E-state index contributed by atoms with van der Waals surface area (Å²) in [5.41, 5.74) is 0. The van der Waals surface area contributed by atoms with Gasteiger partial charge in [0.05, 0.1) is 20.6 Å². The van der Waals surface area contributed by atoms with Gasteiger partial charge in [0.2, 0.25) is 0 Å². The molecule has 0 bridgehead atoms. The average Bonchev–Trinajstić information content (AvgIpc) is 2.22. The molecule has 0 heterocycles. The number of esters is 2. The van der Waals surface area contributed by atoms with Crippen molar-refractivity contribution in [3.63, 3.8) is 0 Å². The number of carbonyl (C=O) groups is 2. The lowest BCUT2D eigenvalue weighted by Crippen LogP contribution is -1.96. The van der Waals surface area contributed by atoms with Crippen molar-refractivity contribution in [2.45, 2.75) is 12.8 Å². The topological polar surface area (TPSA) is 52.6 Å². The molecule has 0 rings (SSSR count). The van der Waals surface area contributed by atoms with Crippen LogP contribution in [0.4, 0.5) is 0 Å². The third-order valence-corrected chi connectivity index (χ3v) is 1.41. The Morgan fingerprint density at radius 3 is 2.36 bits per heavy atom. The second-order valence-electron chi connectivity index (χ2n) is 2.41. The Balaban J connectivity index is 3.58. The molecule has 0 unspecified atom stereocenters. The number of hydrogen-bond acceptors (Lipinski definition) is 4. The first-order valence-electron chi connectivity index (χ1n) is 4.17. The van der Waals surface area contributed by atoms with Crippen molar-refractivity contribution >= 4 is 11.9 Å². The van der Waals surface area contributed by atoms with Gasteiger partial charge >= 0.3 is 11.9 Å². The van der Waals surface area contributed by atoms with E-state index < -0.39 is 0 Å². The van der Waals surface area contributed by atoms with Crippen molar-refractivity contribution in [1.29, 1.82) is 0 Å². The largest absolute Gasteiger partial charge is 0.469 e. The van der Waals surface area contributed by atoms with Gasteiger partial charge in [-0.2, -0.15) is 0 Å². The van der Waals surface area contributed by atoms with E-state index >= 15 is 0 Å². The molecule has 4 heteroatoms. The normalized spacial score (nSPS) is 10.7. The lowest BCUT2D eigenvalue weighted by Gasteiger charge is -1.91. The highest BCUT2D eigenvalue weighted by Gasteiger charge is 1.92. The van der Waals surface area contributed by atoms with Crippen molar-refractivity contribution in [2.75, 3.05) is 14.2 Å². The average molecular weight is 198 g/mol. The zero-order valence-electron chi connectivity index (χ0n) is 8.36. The zero-order valence-corrected chi connectivity index (χ0v) is 8.36. The lowest BCUT2D eigenvalue weighted by molar-refractivity contribution is -0.139. The van der Waals surface area contributed by atoms with E-state index in [0.717, 1.165) is 0 Å². The number of ether oxygens (including phenoxy) is 2. The maximum absolute atomic E-state index is 10.6.